The number of carbonyl (C=O) groups is 1. The predicted molar refractivity (Wildman–Crippen MR) is 99.4 cm³/mol. The fourth-order valence-corrected chi connectivity index (χ4v) is 3.84. The van der Waals surface area contributed by atoms with Crippen molar-refractivity contribution in [1.29, 1.82) is 0 Å². The minimum Gasteiger partial charge on any atom is -0.368 e. The van der Waals surface area contributed by atoms with E-state index >= 15 is 0 Å². The third-order valence-electron chi connectivity index (χ3n) is 5.52. The molecule has 1 amide bonds. The van der Waals surface area contributed by atoms with E-state index in [2.05, 4.69) is 41.3 Å². The lowest BCUT2D eigenvalue weighted by atomic mass is 10.0. The molecule has 2 atom stereocenters. The van der Waals surface area contributed by atoms with Gasteiger partial charge in [0.25, 0.3) is 0 Å². The van der Waals surface area contributed by atoms with Crippen LogP contribution in [0.25, 0.3) is 0 Å². The van der Waals surface area contributed by atoms with Crippen molar-refractivity contribution in [3.05, 3.63) is 35.9 Å². The minimum atomic E-state index is -0.278. The Hall–Kier alpha value is -1.43. The molecule has 0 aromatic heterocycles. The normalized spacial score (nSPS) is 23.7. The number of hydrogen-bond acceptors (Lipinski definition) is 4. The molecule has 0 saturated carbocycles. The van der Waals surface area contributed by atoms with Gasteiger partial charge in [0.1, 0.15) is 6.10 Å². The maximum atomic E-state index is 12.6. The Morgan fingerprint density at radius 1 is 1.28 bits per heavy atom. The van der Waals surface area contributed by atoms with E-state index in [1.165, 1.54) is 12.8 Å². The van der Waals surface area contributed by atoms with E-state index in [9.17, 15) is 4.79 Å². The first-order chi connectivity index (χ1) is 12.1. The van der Waals surface area contributed by atoms with Crippen molar-refractivity contribution in [3.8, 4) is 0 Å². The lowest BCUT2D eigenvalue weighted by molar-refractivity contribution is -0.131. The highest BCUT2D eigenvalue weighted by Crippen LogP contribution is 2.21. The lowest BCUT2D eigenvalue weighted by Crippen LogP contribution is -2.46. The molecule has 5 heteroatoms. The molecule has 2 aliphatic rings. The third-order valence-corrected chi connectivity index (χ3v) is 5.52. The summed E-state index contributed by atoms with van der Waals surface area (Å²) in [6.45, 7) is 3.82. The second-order valence-electron chi connectivity index (χ2n) is 7.45. The topological polar surface area (TPSA) is 44.8 Å². The summed E-state index contributed by atoms with van der Waals surface area (Å²) in [6, 6.07) is 10.9. The van der Waals surface area contributed by atoms with E-state index in [4.69, 9.17) is 4.74 Å². The molecule has 0 aliphatic carbocycles. The van der Waals surface area contributed by atoms with Gasteiger partial charge in [-0.15, -0.1) is 0 Å². The quantitative estimate of drug-likeness (QED) is 0.857. The molecule has 2 heterocycles. The SMILES string of the molecule is CN1CCC(N(C)CC(NC(=O)C2CCCO2)c2ccccc2)CC1. The predicted octanol–water partition coefficient (Wildman–Crippen LogP) is 2.05. The van der Waals surface area contributed by atoms with E-state index in [-0.39, 0.29) is 18.1 Å². The molecule has 1 aromatic rings. The molecular formula is C20H31N3O2. The van der Waals surface area contributed by atoms with Crippen LogP contribution < -0.4 is 5.32 Å². The summed E-state index contributed by atoms with van der Waals surface area (Å²) < 4.78 is 5.55. The summed E-state index contributed by atoms with van der Waals surface area (Å²) in [6.07, 6.45) is 3.91. The second kappa shape index (κ2) is 8.79. The molecule has 138 valence electrons. The largest absolute Gasteiger partial charge is 0.368 e. The number of nitrogens with zero attached hydrogens (tertiary/aromatic N) is 2. The van der Waals surface area contributed by atoms with Gasteiger partial charge in [-0.3, -0.25) is 4.79 Å². The fourth-order valence-electron chi connectivity index (χ4n) is 3.84. The molecule has 1 N–H and O–H groups in total. The zero-order chi connectivity index (χ0) is 17.6. The van der Waals surface area contributed by atoms with Gasteiger partial charge in [0.15, 0.2) is 0 Å². The number of benzene rings is 1. The number of piperidine rings is 1. The zero-order valence-electron chi connectivity index (χ0n) is 15.5. The van der Waals surface area contributed by atoms with Crippen LogP contribution in [0.3, 0.4) is 0 Å². The Bertz CT molecular complexity index is 537. The van der Waals surface area contributed by atoms with Crippen LogP contribution in [-0.4, -0.2) is 68.2 Å². The minimum absolute atomic E-state index is 0.00237. The highest BCUT2D eigenvalue weighted by molar-refractivity contribution is 5.81. The number of rotatable bonds is 6. The summed E-state index contributed by atoms with van der Waals surface area (Å²) in [5.41, 5.74) is 1.16. The first-order valence-corrected chi connectivity index (χ1v) is 9.49. The van der Waals surface area contributed by atoms with E-state index in [1.54, 1.807) is 0 Å². The summed E-state index contributed by atoms with van der Waals surface area (Å²) in [5, 5.41) is 3.24. The molecule has 2 saturated heterocycles. The molecule has 0 bridgehead atoms. The molecule has 1 aromatic carbocycles. The van der Waals surface area contributed by atoms with Gasteiger partial charge in [-0.2, -0.15) is 0 Å². The van der Waals surface area contributed by atoms with Crippen molar-refractivity contribution in [1.82, 2.24) is 15.1 Å². The molecule has 25 heavy (non-hydrogen) atoms. The average molecular weight is 345 g/mol. The third kappa shape index (κ3) is 5.03. The summed E-state index contributed by atoms with van der Waals surface area (Å²) in [5.74, 6) is 0.0307. The van der Waals surface area contributed by atoms with Gasteiger partial charge >= 0.3 is 0 Å². The van der Waals surface area contributed by atoms with Gasteiger partial charge in [-0.05, 0) is 58.4 Å². The van der Waals surface area contributed by atoms with Crippen molar-refractivity contribution in [2.75, 3.05) is 40.3 Å². The first kappa shape index (κ1) is 18.4. The van der Waals surface area contributed by atoms with Crippen LogP contribution >= 0.6 is 0 Å². The van der Waals surface area contributed by atoms with Crippen LogP contribution in [-0.2, 0) is 9.53 Å². The zero-order valence-corrected chi connectivity index (χ0v) is 15.5. The van der Waals surface area contributed by atoms with Gasteiger partial charge in [-0.1, -0.05) is 30.3 Å². The van der Waals surface area contributed by atoms with Gasteiger partial charge < -0.3 is 19.9 Å². The number of likely N-dealkylation sites (tertiary alicyclic amines) is 1. The van der Waals surface area contributed by atoms with E-state index in [0.717, 1.165) is 38.0 Å². The monoisotopic (exact) mass is 345 g/mol. The Morgan fingerprint density at radius 2 is 2.00 bits per heavy atom. The van der Waals surface area contributed by atoms with Crippen LogP contribution in [0.15, 0.2) is 30.3 Å². The van der Waals surface area contributed by atoms with Crippen LogP contribution in [0.2, 0.25) is 0 Å². The maximum Gasteiger partial charge on any atom is 0.249 e. The highest BCUT2D eigenvalue weighted by atomic mass is 16.5. The van der Waals surface area contributed by atoms with Crippen molar-refractivity contribution in [3.63, 3.8) is 0 Å². The van der Waals surface area contributed by atoms with Gasteiger partial charge in [-0.25, -0.2) is 0 Å². The summed E-state index contributed by atoms with van der Waals surface area (Å²) >= 11 is 0. The lowest BCUT2D eigenvalue weighted by Gasteiger charge is -2.37. The number of hydrogen-bond donors (Lipinski definition) is 1. The molecule has 0 spiro atoms. The average Bonchev–Trinajstić information content (AvgIpc) is 3.17. The molecular weight excluding hydrogens is 314 g/mol. The van der Waals surface area contributed by atoms with E-state index in [1.807, 2.05) is 18.2 Å². The van der Waals surface area contributed by atoms with Crippen LogP contribution in [0.5, 0.6) is 0 Å². The Labute approximate surface area is 151 Å². The van der Waals surface area contributed by atoms with Crippen molar-refractivity contribution < 1.29 is 9.53 Å². The number of likely N-dealkylation sites (N-methyl/N-ethyl adjacent to an activating group) is 1. The number of amides is 1. The Balaban J connectivity index is 1.64. The molecule has 0 radical (unpaired) electrons. The van der Waals surface area contributed by atoms with E-state index < -0.39 is 0 Å². The molecule has 5 nitrogen and oxygen atoms in total. The first-order valence-electron chi connectivity index (χ1n) is 9.49. The standard InChI is InChI=1S/C20H31N3O2/c1-22-12-10-17(11-13-22)23(2)15-18(16-7-4-3-5-8-16)21-20(24)19-9-6-14-25-19/h3-5,7-8,17-19H,6,9-15H2,1-2H3,(H,21,24). The maximum absolute atomic E-state index is 12.6. The molecule has 2 aliphatic heterocycles. The number of nitrogens with one attached hydrogen (secondary N) is 1. The van der Waals surface area contributed by atoms with Crippen molar-refractivity contribution >= 4 is 5.91 Å². The van der Waals surface area contributed by atoms with Gasteiger partial charge in [0, 0.05) is 19.2 Å². The van der Waals surface area contributed by atoms with Gasteiger partial charge in [0.2, 0.25) is 5.91 Å². The Morgan fingerprint density at radius 3 is 2.64 bits per heavy atom. The molecule has 2 fully saturated rings. The van der Waals surface area contributed by atoms with Gasteiger partial charge in [0.05, 0.1) is 6.04 Å². The van der Waals surface area contributed by atoms with Crippen molar-refractivity contribution in [2.45, 2.75) is 43.9 Å². The number of ether oxygens (including phenoxy) is 1. The molecule has 2 unspecified atom stereocenters. The smallest absolute Gasteiger partial charge is 0.249 e. The van der Waals surface area contributed by atoms with Crippen LogP contribution in [0, 0.1) is 0 Å². The Kier molecular flexibility index (Phi) is 6.45. The summed E-state index contributed by atoms with van der Waals surface area (Å²) in [7, 11) is 4.37. The van der Waals surface area contributed by atoms with Crippen LogP contribution in [0.1, 0.15) is 37.3 Å². The van der Waals surface area contributed by atoms with Crippen LogP contribution in [0.4, 0.5) is 0 Å². The number of carbonyl (C=O) groups excluding carboxylic acids is 1. The fraction of sp³-hybridized carbons (Fsp3) is 0.650. The highest BCUT2D eigenvalue weighted by Gasteiger charge is 2.28. The van der Waals surface area contributed by atoms with Crippen molar-refractivity contribution in [2.24, 2.45) is 0 Å². The second-order valence-corrected chi connectivity index (χ2v) is 7.45. The van der Waals surface area contributed by atoms with E-state index in [0.29, 0.717) is 12.6 Å². The molecule has 3 rings (SSSR count). The summed E-state index contributed by atoms with van der Waals surface area (Å²) in [4.78, 5) is 17.4.